The number of rotatable bonds is 14. The van der Waals surface area contributed by atoms with Gasteiger partial charge in [0.2, 0.25) is 0 Å². The first kappa shape index (κ1) is 66.0. The summed E-state index contributed by atoms with van der Waals surface area (Å²) in [5, 5.41) is 169. The Morgan fingerprint density at radius 3 is 1.79 bits per heavy atom. The Kier molecular flexibility index (Phi) is 18.6. The van der Waals surface area contributed by atoms with Crippen LogP contribution in [0.1, 0.15) is 108 Å². The molecule has 480 valence electrons. The van der Waals surface area contributed by atoms with Gasteiger partial charge in [-0.05, 0) is 98.7 Å². The highest BCUT2D eigenvalue weighted by molar-refractivity contribution is 5.87. The first-order valence-electron chi connectivity index (χ1n) is 29.5. The molecule has 3 unspecified atom stereocenters. The molecule has 0 radical (unpaired) electrons. The number of hydrogen-bond acceptors (Lipinski definition) is 25. The molecule has 4 saturated carbocycles. The molecule has 5 aliphatic carbocycles. The Hall–Kier alpha value is -2.46. The van der Waals surface area contributed by atoms with Crippen LogP contribution in [0.5, 0.6) is 0 Å². The molecule has 4 heterocycles. The first-order chi connectivity index (χ1) is 39.2. The van der Waals surface area contributed by atoms with E-state index in [4.69, 9.17) is 42.6 Å². The topological polar surface area (TPSA) is 421 Å². The molecule has 26 heteroatoms. The first-order valence-corrected chi connectivity index (χ1v) is 29.5. The number of hydrogen-bond donors (Lipinski definition) is 15. The summed E-state index contributed by atoms with van der Waals surface area (Å²) in [6.07, 6.45) is -33.6. The van der Waals surface area contributed by atoms with Gasteiger partial charge >= 0.3 is 11.9 Å². The molecule has 0 amide bonds. The van der Waals surface area contributed by atoms with Crippen LogP contribution in [0, 0.1) is 50.2 Å². The molecule has 26 nitrogen and oxygen atoms in total. The van der Waals surface area contributed by atoms with Gasteiger partial charge in [-0.2, -0.15) is 0 Å². The van der Waals surface area contributed by atoms with E-state index in [-0.39, 0.29) is 23.8 Å². The normalized spacial score (nSPS) is 52.7. The zero-order valence-electron chi connectivity index (χ0n) is 49.3. The van der Waals surface area contributed by atoms with Gasteiger partial charge in [-0.3, -0.25) is 0 Å². The minimum absolute atomic E-state index is 0.171. The third kappa shape index (κ3) is 10.2. The van der Waals surface area contributed by atoms with Gasteiger partial charge in [0.1, 0.15) is 73.2 Å². The maximum atomic E-state index is 12.9. The lowest BCUT2D eigenvalue weighted by atomic mass is 9.32. The number of carboxylic acids is 1. The maximum absolute atomic E-state index is 12.9. The lowest BCUT2D eigenvalue weighted by Crippen LogP contribution is -2.76. The van der Waals surface area contributed by atoms with Crippen LogP contribution >= 0.6 is 0 Å². The number of aliphatic hydroxyl groups is 14. The number of carbonyl (C=O) groups excluding carboxylic acids is 1. The number of aliphatic carboxylic acids is 1. The third-order valence-corrected chi connectivity index (χ3v) is 22.5. The number of aliphatic hydroxyl groups excluding tert-OH is 14. The average Bonchev–Trinajstić information content (AvgIpc) is 0.759. The average molecular weight is 1210 g/mol. The smallest absolute Gasteiger partial charge is 0.335 e. The minimum Gasteiger partial charge on any atom is -0.479 e. The Balaban J connectivity index is 0.993. The van der Waals surface area contributed by atoms with Crippen molar-refractivity contribution in [1.29, 1.82) is 0 Å². The van der Waals surface area contributed by atoms with Crippen molar-refractivity contribution in [1.82, 2.24) is 0 Å². The molecule has 0 spiro atoms. The van der Waals surface area contributed by atoms with Gasteiger partial charge < -0.3 is 119 Å². The summed E-state index contributed by atoms with van der Waals surface area (Å²) in [4.78, 5) is 25.6. The Morgan fingerprint density at radius 2 is 1.20 bits per heavy atom. The second-order valence-electron chi connectivity index (χ2n) is 27.4. The van der Waals surface area contributed by atoms with Crippen LogP contribution in [0.4, 0.5) is 0 Å². The summed E-state index contributed by atoms with van der Waals surface area (Å²) < 4.78 is 54.4. The van der Waals surface area contributed by atoms with Gasteiger partial charge in [0, 0.05) is 11.0 Å². The van der Waals surface area contributed by atoms with Crippen molar-refractivity contribution in [3.63, 3.8) is 0 Å². The van der Waals surface area contributed by atoms with E-state index in [1.165, 1.54) is 13.0 Å². The van der Waals surface area contributed by atoms with E-state index in [9.17, 15) is 86.2 Å². The Bertz CT molecular complexity index is 2440. The number of esters is 1. The van der Waals surface area contributed by atoms with Crippen LogP contribution < -0.4 is 0 Å². The van der Waals surface area contributed by atoms with Gasteiger partial charge in [-0.25, -0.2) is 9.59 Å². The summed E-state index contributed by atoms with van der Waals surface area (Å²) in [5.74, 6) is -3.43. The highest BCUT2D eigenvalue weighted by Gasteiger charge is 2.76. The van der Waals surface area contributed by atoms with Crippen LogP contribution in [0.2, 0.25) is 0 Å². The zero-order valence-corrected chi connectivity index (χ0v) is 49.3. The maximum Gasteiger partial charge on any atom is 0.335 e. The second-order valence-corrected chi connectivity index (χ2v) is 27.4. The largest absolute Gasteiger partial charge is 0.479 e. The molecule has 4 saturated heterocycles. The molecule has 0 aromatic rings. The highest BCUT2D eigenvalue weighted by atomic mass is 16.8. The molecule has 31 atom stereocenters. The van der Waals surface area contributed by atoms with Crippen LogP contribution in [0.25, 0.3) is 0 Å². The van der Waals surface area contributed by atoms with Crippen molar-refractivity contribution in [2.45, 2.75) is 255 Å². The summed E-state index contributed by atoms with van der Waals surface area (Å²) in [6.45, 7) is 16.3. The molecule has 0 bridgehead atoms. The van der Waals surface area contributed by atoms with Crippen LogP contribution in [-0.4, -0.2) is 256 Å². The lowest BCUT2D eigenvalue weighted by Gasteiger charge is -2.73. The standard InChI is InChI=1S/C58H92O26/c1-11-22(2)48(75)80-39-23(3)76-49(37(68)34(39)65)84-46-45(72)58(21-61)25(18-53(46,4)5)24-12-13-29-55(8)16-15-30(54(6,7)28(55)14-17-56(29,9)57(24,10)43(70)44(58)71)79-52-42(83-51-36(67)33(64)31(62)26(19-59)77-51)40(38(69)41(82-52)47(73)74)81-50-35(66)32(63)27(20-60)78-50/h11-12,23,25-46,49-52,59-72H,13-21H2,1-10H3,(H,73,74)/b22-11-/t23-,25?,26+,27+,28?,29?,30-,31-,32+,33-,34-,35-,36+,37+,38-,39-,40-,41-,42+,43+,44-,45+,46-,49-,50+,51-,52-,55-,56+,57-,58-/m0/s1. The van der Waals surface area contributed by atoms with Crippen molar-refractivity contribution in [3.8, 4) is 0 Å². The van der Waals surface area contributed by atoms with Gasteiger partial charge in [0.15, 0.2) is 37.4 Å². The number of carbonyl (C=O) groups is 2. The van der Waals surface area contributed by atoms with Crippen LogP contribution in [0.3, 0.4) is 0 Å². The van der Waals surface area contributed by atoms with Crippen LogP contribution in [0.15, 0.2) is 23.3 Å². The molecule has 0 aromatic heterocycles. The number of allylic oxidation sites excluding steroid dienone is 2. The van der Waals surface area contributed by atoms with E-state index >= 15 is 0 Å². The highest BCUT2D eigenvalue weighted by Crippen LogP contribution is 2.76. The molecular formula is C58H92O26. The summed E-state index contributed by atoms with van der Waals surface area (Å²) in [6, 6.07) is 0. The molecule has 15 N–H and O–H groups in total. The number of ether oxygens (including phenoxy) is 9. The predicted molar refractivity (Wildman–Crippen MR) is 285 cm³/mol. The van der Waals surface area contributed by atoms with E-state index in [0.717, 1.165) is 5.57 Å². The van der Waals surface area contributed by atoms with E-state index in [2.05, 4.69) is 19.9 Å². The fourth-order valence-electron chi connectivity index (χ4n) is 17.2. The SMILES string of the molecule is C/C=C(/C)C(=O)O[C@@H]1[C@@H](O)[C@@H](O)[C@H](O[C@H]2[C@@H](O)[C@@]3(CO)C(CC2(C)C)C2=CCC4[C@@]5(C)CC[C@H](O[C@H]6O[C@H](C(=O)O)[C@@H](O)[C@H](O[C@H]7O[C@H](CO)[C@@H](O)[C@@H]7O)[C@H]6O[C@@H]6O[C@H](CO)[C@H](O)[C@H](O)[C@H]6O)C(C)(C)C5CC[C@@]4(C)[C@]2(C)[C@H](O)[C@@H]3O)O[C@H]1C. The number of carboxylic acid groups (broad SMARTS) is 1. The van der Waals surface area contributed by atoms with Crippen molar-refractivity contribution < 1.29 is 129 Å². The second kappa shape index (κ2) is 23.7. The van der Waals surface area contributed by atoms with E-state index in [1.807, 2.05) is 34.6 Å². The molecule has 9 rings (SSSR count). The molecule has 4 aliphatic heterocycles. The van der Waals surface area contributed by atoms with Crippen molar-refractivity contribution in [3.05, 3.63) is 23.3 Å². The lowest BCUT2D eigenvalue weighted by molar-refractivity contribution is -0.386. The van der Waals surface area contributed by atoms with Crippen molar-refractivity contribution in [2.75, 3.05) is 19.8 Å². The predicted octanol–water partition coefficient (Wildman–Crippen LogP) is -2.40. The summed E-state index contributed by atoms with van der Waals surface area (Å²) in [7, 11) is 0. The molecule has 0 aromatic carbocycles. The fraction of sp³-hybridized carbons (Fsp3) is 0.897. The minimum atomic E-state index is -2.14. The Morgan fingerprint density at radius 1 is 0.631 bits per heavy atom. The molecule has 84 heavy (non-hydrogen) atoms. The quantitative estimate of drug-likeness (QED) is 0.0373. The fourth-order valence-corrected chi connectivity index (χ4v) is 17.2. The summed E-state index contributed by atoms with van der Waals surface area (Å²) >= 11 is 0. The third-order valence-electron chi connectivity index (χ3n) is 22.5. The zero-order chi connectivity index (χ0) is 62.0. The molecule has 8 fully saturated rings. The van der Waals surface area contributed by atoms with E-state index in [1.54, 1.807) is 13.8 Å². The van der Waals surface area contributed by atoms with Gasteiger partial charge in [-0.15, -0.1) is 0 Å². The van der Waals surface area contributed by atoms with Gasteiger partial charge in [0.25, 0.3) is 0 Å². The summed E-state index contributed by atoms with van der Waals surface area (Å²) in [5.41, 5.74) is -4.93. The van der Waals surface area contributed by atoms with Gasteiger partial charge in [-0.1, -0.05) is 66.2 Å². The van der Waals surface area contributed by atoms with Crippen LogP contribution in [-0.2, 0) is 52.2 Å². The molecule has 9 aliphatic rings. The van der Waals surface area contributed by atoms with Gasteiger partial charge in [0.05, 0.1) is 61.9 Å². The van der Waals surface area contributed by atoms with E-state index < -0.39 is 217 Å². The monoisotopic (exact) mass is 1200 g/mol. The van der Waals surface area contributed by atoms with Crippen molar-refractivity contribution in [2.24, 2.45) is 50.2 Å². The molecular weight excluding hydrogens is 1110 g/mol. The van der Waals surface area contributed by atoms with E-state index in [0.29, 0.717) is 32.1 Å². The number of fused-ring (bicyclic) bond motifs is 7. The van der Waals surface area contributed by atoms with Crippen molar-refractivity contribution >= 4 is 11.9 Å². The Labute approximate surface area is 487 Å².